The Kier molecular flexibility index (Phi) is 5.93. The predicted octanol–water partition coefficient (Wildman–Crippen LogP) is 3.62. The molecule has 2 aromatic rings. The van der Waals surface area contributed by atoms with Crippen molar-refractivity contribution in [2.45, 2.75) is 19.8 Å². The van der Waals surface area contributed by atoms with E-state index in [0.717, 1.165) is 15.6 Å². The van der Waals surface area contributed by atoms with Crippen molar-refractivity contribution in [3.63, 3.8) is 0 Å². The third-order valence-electron chi connectivity index (χ3n) is 3.56. The topological polar surface area (TPSA) is 58.2 Å². The molecule has 0 aliphatic rings. The average Bonchev–Trinajstić information content (AvgIpc) is 2.56. The van der Waals surface area contributed by atoms with E-state index >= 15 is 0 Å². The van der Waals surface area contributed by atoms with Crippen molar-refractivity contribution in [2.24, 2.45) is 0 Å². The number of anilines is 1. The second-order valence-corrected chi connectivity index (χ2v) is 6.29. The van der Waals surface area contributed by atoms with Crippen LogP contribution in [-0.2, 0) is 9.59 Å². The number of benzene rings is 2. The first-order valence-corrected chi connectivity index (χ1v) is 8.17. The van der Waals surface area contributed by atoms with Gasteiger partial charge >= 0.3 is 11.8 Å². The first kappa shape index (κ1) is 17.2. The van der Waals surface area contributed by atoms with Gasteiger partial charge in [0.2, 0.25) is 0 Å². The van der Waals surface area contributed by atoms with Crippen molar-refractivity contribution in [3.05, 3.63) is 64.1 Å². The summed E-state index contributed by atoms with van der Waals surface area (Å²) in [6.45, 7) is 4.34. The molecular formula is C18H19BrN2O2. The van der Waals surface area contributed by atoms with Gasteiger partial charge in [0.25, 0.3) is 0 Å². The fourth-order valence-electron chi connectivity index (χ4n) is 2.14. The quantitative estimate of drug-likeness (QED) is 0.802. The first-order valence-electron chi connectivity index (χ1n) is 7.37. The summed E-state index contributed by atoms with van der Waals surface area (Å²) in [7, 11) is 0. The van der Waals surface area contributed by atoms with E-state index in [1.54, 1.807) is 6.07 Å². The molecule has 0 aliphatic heterocycles. The van der Waals surface area contributed by atoms with Crippen LogP contribution in [0.25, 0.3) is 0 Å². The van der Waals surface area contributed by atoms with Crippen LogP contribution in [0.4, 0.5) is 5.69 Å². The lowest BCUT2D eigenvalue weighted by Gasteiger charge is -2.13. The Hall–Kier alpha value is -2.14. The fraction of sp³-hybridized carbons (Fsp3) is 0.222. The molecule has 0 heterocycles. The minimum absolute atomic E-state index is 0.142. The molecule has 0 aromatic heterocycles. The Balaban J connectivity index is 1.87. The Morgan fingerprint density at radius 3 is 2.43 bits per heavy atom. The van der Waals surface area contributed by atoms with E-state index in [2.05, 4.69) is 26.6 Å². The molecule has 2 aromatic carbocycles. The van der Waals surface area contributed by atoms with Gasteiger partial charge in [0.05, 0.1) is 0 Å². The van der Waals surface area contributed by atoms with Crippen LogP contribution in [0.1, 0.15) is 24.0 Å². The molecule has 2 amide bonds. The SMILES string of the molecule is Cc1cc(NC(=O)C(=O)NC[C@H](C)c2ccccc2)ccc1Br. The minimum atomic E-state index is -0.660. The molecule has 1 atom stereocenters. The number of aryl methyl sites for hydroxylation is 1. The monoisotopic (exact) mass is 374 g/mol. The van der Waals surface area contributed by atoms with Crippen LogP contribution in [0.15, 0.2) is 53.0 Å². The lowest BCUT2D eigenvalue weighted by molar-refractivity contribution is -0.136. The summed E-state index contributed by atoms with van der Waals surface area (Å²) >= 11 is 3.40. The average molecular weight is 375 g/mol. The van der Waals surface area contributed by atoms with Crippen molar-refractivity contribution >= 4 is 33.4 Å². The van der Waals surface area contributed by atoms with Crippen LogP contribution < -0.4 is 10.6 Å². The molecule has 0 saturated carbocycles. The molecular weight excluding hydrogens is 356 g/mol. The largest absolute Gasteiger partial charge is 0.347 e. The van der Waals surface area contributed by atoms with E-state index in [-0.39, 0.29) is 5.92 Å². The molecule has 0 saturated heterocycles. The number of carbonyl (C=O) groups excluding carboxylic acids is 2. The number of rotatable bonds is 4. The maximum Gasteiger partial charge on any atom is 0.313 e. The molecule has 0 aliphatic carbocycles. The van der Waals surface area contributed by atoms with Gasteiger partial charge in [-0.25, -0.2) is 0 Å². The lowest BCUT2D eigenvalue weighted by atomic mass is 10.0. The zero-order valence-corrected chi connectivity index (χ0v) is 14.7. The fourth-order valence-corrected chi connectivity index (χ4v) is 2.38. The summed E-state index contributed by atoms with van der Waals surface area (Å²) in [5.41, 5.74) is 2.71. The number of carbonyl (C=O) groups is 2. The number of hydrogen-bond acceptors (Lipinski definition) is 2. The van der Waals surface area contributed by atoms with Crippen LogP contribution in [0.3, 0.4) is 0 Å². The van der Waals surface area contributed by atoms with Gasteiger partial charge in [-0.1, -0.05) is 53.2 Å². The highest BCUT2D eigenvalue weighted by Crippen LogP contribution is 2.20. The van der Waals surface area contributed by atoms with E-state index in [1.165, 1.54) is 0 Å². The summed E-state index contributed by atoms with van der Waals surface area (Å²) < 4.78 is 0.955. The molecule has 0 fully saturated rings. The van der Waals surface area contributed by atoms with E-state index < -0.39 is 11.8 Å². The third kappa shape index (κ3) is 4.93. The molecule has 0 spiro atoms. The van der Waals surface area contributed by atoms with Crippen molar-refractivity contribution < 1.29 is 9.59 Å². The molecule has 4 nitrogen and oxygen atoms in total. The number of halogens is 1. The van der Waals surface area contributed by atoms with Crippen LogP contribution in [-0.4, -0.2) is 18.4 Å². The summed E-state index contributed by atoms with van der Waals surface area (Å²) in [6.07, 6.45) is 0. The van der Waals surface area contributed by atoms with E-state index in [4.69, 9.17) is 0 Å². The highest BCUT2D eigenvalue weighted by molar-refractivity contribution is 9.10. The molecule has 0 bridgehead atoms. The Labute approximate surface area is 144 Å². The molecule has 5 heteroatoms. The highest BCUT2D eigenvalue weighted by Gasteiger charge is 2.15. The highest BCUT2D eigenvalue weighted by atomic mass is 79.9. The van der Waals surface area contributed by atoms with Crippen LogP contribution in [0, 0.1) is 6.92 Å². The van der Waals surface area contributed by atoms with Crippen LogP contribution in [0.2, 0.25) is 0 Å². The predicted molar refractivity (Wildman–Crippen MR) is 95.4 cm³/mol. The Bertz CT molecular complexity index is 701. The number of amides is 2. The minimum Gasteiger partial charge on any atom is -0.347 e. The summed E-state index contributed by atoms with van der Waals surface area (Å²) in [4.78, 5) is 23.8. The second-order valence-electron chi connectivity index (χ2n) is 5.44. The standard InChI is InChI=1S/C18H19BrN2O2/c1-12-10-15(8-9-16(12)19)21-18(23)17(22)20-11-13(2)14-6-4-3-5-7-14/h3-10,13H,11H2,1-2H3,(H,20,22)(H,21,23)/t13-/m0/s1. The van der Waals surface area contributed by atoms with Gasteiger partial charge in [-0.15, -0.1) is 0 Å². The van der Waals surface area contributed by atoms with Gasteiger partial charge < -0.3 is 10.6 Å². The number of nitrogens with one attached hydrogen (secondary N) is 2. The Morgan fingerprint density at radius 1 is 1.09 bits per heavy atom. The summed E-state index contributed by atoms with van der Waals surface area (Å²) in [5, 5.41) is 5.27. The summed E-state index contributed by atoms with van der Waals surface area (Å²) in [5.74, 6) is -1.15. The molecule has 120 valence electrons. The molecule has 23 heavy (non-hydrogen) atoms. The van der Waals surface area contributed by atoms with Crippen molar-refractivity contribution in [1.29, 1.82) is 0 Å². The lowest BCUT2D eigenvalue weighted by Crippen LogP contribution is -2.37. The van der Waals surface area contributed by atoms with Crippen molar-refractivity contribution in [3.8, 4) is 0 Å². The summed E-state index contributed by atoms with van der Waals surface area (Å²) in [6, 6.07) is 15.2. The second kappa shape index (κ2) is 7.92. The third-order valence-corrected chi connectivity index (χ3v) is 4.45. The van der Waals surface area contributed by atoms with Crippen molar-refractivity contribution in [1.82, 2.24) is 5.32 Å². The van der Waals surface area contributed by atoms with Gasteiger partial charge in [-0.2, -0.15) is 0 Å². The van der Waals surface area contributed by atoms with Gasteiger partial charge in [0, 0.05) is 16.7 Å². The van der Waals surface area contributed by atoms with Crippen LogP contribution in [0.5, 0.6) is 0 Å². The van der Waals surface area contributed by atoms with Gasteiger partial charge in [-0.3, -0.25) is 9.59 Å². The maximum atomic E-state index is 11.9. The molecule has 2 N–H and O–H groups in total. The zero-order chi connectivity index (χ0) is 16.8. The normalized spacial score (nSPS) is 11.6. The molecule has 2 rings (SSSR count). The maximum absolute atomic E-state index is 11.9. The van der Waals surface area contributed by atoms with Gasteiger partial charge in [0.15, 0.2) is 0 Å². The van der Waals surface area contributed by atoms with Gasteiger partial charge in [-0.05, 0) is 42.2 Å². The molecule has 0 unspecified atom stereocenters. The van der Waals surface area contributed by atoms with Crippen LogP contribution >= 0.6 is 15.9 Å². The Morgan fingerprint density at radius 2 is 1.78 bits per heavy atom. The van der Waals surface area contributed by atoms with Gasteiger partial charge in [0.1, 0.15) is 0 Å². The van der Waals surface area contributed by atoms with E-state index in [0.29, 0.717) is 12.2 Å². The smallest absolute Gasteiger partial charge is 0.313 e. The van der Waals surface area contributed by atoms with Crippen molar-refractivity contribution in [2.75, 3.05) is 11.9 Å². The van der Waals surface area contributed by atoms with E-state index in [1.807, 2.05) is 56.3 Å². The van der Waals surface area contributed by atoms with E-state index in [9.17, 15) is 9.59 Å². The zero-order valence-electron chi connectivity index (χ0n) is 13.1. The number of hydrogen-bond donors (Lipinski definition) is 2. The first-order chi connectivity index (χ1) is 11.0. The molecule has 0 radical (unpaired) electrons.